The smallest absolute Gasteiger partial charge is 0.273 e. The van der Waals surface area contributed by atoms with Crippen LogP contribution in [0.4, 0.5) is 0 Å². The highest BCUT2D eigenvalue weighted by Crippen LogP contribution is 2.23. The van der Waals surface area contributed by atoms with Crippen LogP contribution in [0.1, 0.15) is 26.4 Å². The van der Waals surface area contributed by atoms with E-state index >= 15 is 0 Å². The fraction of sp³-hybridized carbons (Fsp3) is 0.0370. The number of carbonyl (C=O) groups excluding carboxylic acids is 2. The van der Waals surface area contributed by atoms with Gasteiger partial charge < -0.3 is 4.74 Å². The maximum Gasteiger partial charge on any atom is 0.273 e. The van der Waals surface area contributed by atoms with Gasteiger partial charge in [-0.1, -0.05) is 48.5 Å². The van der Waals surface area contributed by atoms with E-state index in [1.807, 2.05) is 66.0 Å². The number of amides is 2. The summed E-state index contributed by atoms with van der Waals surface area (Å²) in [7, 11) is 0. The Bertz CT molecular complexity index is 1450. The molecule has 3 aromatic carbocycles. The molecule has 0 atom stereocenters. The zero-order valence-electron chi connectivity index (χ0n) is 19.0. The number of ether oxygens (including phenoxy) is 1. The Labute approximate surface area is 211 Å². The molecule has 0 saturated heterocycles. The van der Waals surface area contributed by atoms with Crippen molar-refractivity contribution in [2.45, 2.75) is 6.61 Å². The predicted octanol–water partition coefficient (Wildman–Crippen LogP) is 4.65. The number of para-hydroxylation sites is 1. The van der Waals surface area contributed by atoms with Crippen LogP contribution in [0.3, 0.4) is 0 Å². The van der Waals surface area contributed by atoms with Crippen LogP contribution in [0.25, 0.3) is 16.9 Å². The van der Waals surface area contributed by atoms with E-state index < -0.39 is 11.8 Å². The predicted molar refractivity (Wildman–Crippen MR) is 137 cm³/mol. The van der Waals surface area contributed by atoms with Crippen molar-refractivity contribution in [2.24, 2.45) is 0 Å². The number of hydrogen-bond acceptors (Lipinski definition) is 6. The van der Waals surface area contributed by atoms with Gasteiger partial charge in [0.1, 0.15) is 18.1 Å². The van der Waals surface area contributed by atoms with E-state index in [-0.39, 0.29) is 0 Å². The number of carbonyl (C=O) groups is 2. The van der Waals surface area contributed by atoms with Gasteiger partial charge in [-0.15, -0.1) is 11.3 Å². The summed E-state index contributed by atoms with van der Waals surface area (Å²) in [5.74, 6) is -0.317. The quantitative estimate of drug-likeness (QED) is 0.320. The standard InChI is InChI=1S/C27H21N5O3S/c33-26(20-11-13-23(14-12-20)35-16-21-17-36-18-28-21)29-30-27(34)24-15-32(22-9-5-2-6-10-22)31-25(24)19-7-3-1-4-8-19/h1-15,17-18H,16H2,(H,29,33)(H,30,34). The number of thiazole rings is 1. The lowest BCUT2D eigenvalue weighted by Gasteiger charge is -2.09. The van der Waals surface area contributed by atoms with Crippen LogP contribution < -0.4 is 15.6 Å². The van der Waals surface area contributed by atoms with Crippen molar-refractivity contribution in [1.29, 1.82) is 0 Å². The van der Waals surface area contributed by atoms with Crippen molar-refractivity contribution in [2.75, 3.05) is 0 Å². The molecule has 9 heteroatoms. The zero-order chi connectivity index (χ0) is 24.7. The molecule has 5 aromatic rings. The molecule has 2 aromatic heterocycles. The lowest BCUT2D eigenvalue weighted by molar-refractivity contribution is 0.0847. The minimum absolute atomic E-state index is 0.330. The van der Waals surface area contributed by atoms with Gasteiger partial charge in [-0.05, 0) is 36.4 Å². The lowest BCUT2D eigenvalue weighted by atomic mass is 10.1. The normalized spacial score (nSPS) is 10.6. The molecule has 0 aliphatic carbocycles. The maximum absolute atomic E-state index is 13.1. The molecule has 2 N–H and O–H groups in total. The van der Waals surface area contributed by atoms with Crippen molar-refractivity contribution in [1.82, 2.24) is 25.6 Å². The van der Waals surface area contributed by atoms with E-state index in [2.05, 4.69) is 20.9 Å². The largest absolute Gasteiger partial charge is 0.487 e. The third kappa shape index (κ3) is 5.31. The molecule has 36 heavy (non-hydrogen) atoms. The molecule has 0 aliphatic rings. The molecule has 0 fully saturated rings. The van der Waals surface area contributed by atoms with Crippen molar-refractivity contribution in [3.63, 3.8) is 0 Å². The molecule has 0 aliphatic heterocycles. The highest BCUT2D eigenvalue weighted by Gasteiger charge is 2.19. The van der Waals surface area contributed by atoms with Crippen molar-refractivity contribution < 1.29 is 14.3 Å². The van der Waals surface area contributed by atoms with E-state index in [1.54, 1.807) is 40.7 Å². The van der Waals surface area contributed by atoms with Gasteiger partial charge in [0.2, 0.25) is 0 Å². The van der Waals surface area contributed by atoms with Gasteiger partial charge in [0.15, 0.2) is 0 Å². The van der Waals surface area contributed by atoms with Gasteiger partial charge in [0.25, 0.3) is 11.8 Å². The summed E-state index contributed by atoms with van der Waals surface area (Å²) < 4.78 is 7.31. The Morgan fingerprint density at radius 1 is 0.861 bits per heavy atom. The first kappa shape index (κ1) is 23.0. The summed E-state index contributed by atoms with van der Waals surface area (Å²) in [6, 6.07) is 25.6. The fourth-order valence-corrected chi connectivity index (χ4v) is 4.03. The third-order valence-electron chi connectivity index (χ3n) is 5.30. The second-order valence-corrected chi connectivity index (χ2v) is 8.46. The molecule has 0 unspecified atom stereocenters. The van der Waals surface area contributed by atoms with Gasteiger partial charge in [0.05, 0.1) is 22.5 Å². The SMILES string of the molecule is O=C(NNC(=O)c1cn(-c2ccccc2)nc1-c1ccccc1)c1ccc(OCc2cscn2)cc1. The Hall–Kier alpha value is -4.76. The van der Waals surface area contributed by atoms with Crippen LogP contribution in [0.15, 0.2) is 102 Å². The second kappa shape index (κ2) is 10.7. The summed E-state index contributed by atoms with van der Waals surface area (Å²) in [6.07, 6.45) is 1.65. The average molecular weight is 496 g/mol. The molecule has 2 heterocycles. The van der Waals surface area contributed by atoms with E-state index in [4.69, 9.17) is 4.74 Å². The van der Waals surface area contributed by atoms with E-state index in [1.165, 1.54) is 11.3 Å². The minimum atomic E-state index is -0.479. The lowest BCUT2D eigenvalue weighted by Crippen LogP contribution is -2.41. The number of nitrogens with one attached hydrogen (secondary N) is 2. The van der Waals surface area contributed by atoms with Crippen molar-refractivity contribution in [3.05, 3.63) is 119 Å². The molecule has 0 bridgehead atoms. The Balaban J connectivity index is 1.27. The van der Waals surface area contributed by atoms with Crippen LogP contribution in [0, 0.1) is 0 Å². The summed E-state index contributed by atoms with van der Waals surface area (Å²) in [4.78, 5) is 29.9. The zero-order valence-corrected chi connectivity index (χ0v) is 19.8. The first-order chi connectivity index (χ1) is 17.7. The van der Waals surface area contributed by atoms with Gasteiger partial charge in [0, 0.05) is 22.7 Å². The van der Waals surface area contributed by atoms with Crippen LogP contribution >= 0.6 is 11.3 Å². The van der Waals surface area contributed by atoms with Crippen LogP contribution in [-0.2, 0) is 6.61 Å². The molecule has 0 spiro atoms. The Morgan fingerprint density at radius 2 is 1.56 bits per heavy atom. The van der Waals surface area contributed by atoms with E-state index in [9.17, 15) is 9.59 Å². The Morgan fingerprint density at radius 3 is 2.25 bits per heavy atom. The number of aromatic nitrogens is 3. The van der Waals surface area contributed by atoms with Gasteiger partial charge >= 0.3 is 0 Å². The summed E-state index contributed by atoms with van der Waals surface area (Å²) >= 11 is 1.50. The summed E-state index contributed by atoms with van der Waals surface area (Å²) in [5, 5.41) is 6.54. The highest BCUT2D eigenvalue weighted by molar-refractivity contribution is 7.07. The first-order valence-corrected chi connectivity index (χ1v) is 12.0. The van der Waals surface area contributed by atoms with Crippen molar-refractivity contribution in [3.8, 4) is 22.7 Å². The molecule has 5 rings (SSSR count). The average Bonchev–Trinajstić information content (AvgIpc) is 3.62. The number of rotatable bonds is 7. The Kier molecular flexibility index (Phi) is 6.81. The first-order valence-electron chi connectivity index (χ1n) is 11.1. The number of benzene rings is 3. The van der Waals surface area contributed by atoms with Crippen molar-refractivity contribution >= 4 is 23.2 Å². The minimum Gasteiger partial charge on any atom is -0.487 e. The van der Waals surface area contributed by atoms with Crippen LogP contribution in [0.5, 0.6) is 5.75 Å². The number of hydrogen-bond donors (Lipinski definition) is 2. The van der Waals surface area contributed by atoms with E-state index in [0.717, 1.165) is 16.9 Å². The highest BCUT2D eigenvalue weighted by atomic mass is 32.1. The summed E-state index contributed by atoms with van der Waals surface area (Å²) in [5.41, 5.74) is 10.4. The molecule has 178 valence electrons. The molecular formula is C27H21N5O3S. The monoisotopic (exact) mass is 495 g/mol. The fourth-order valence-electron chi connectivity index (χ4n) is 3.48. The van der Waals surface area contributed by atoms with Gasteiger partial charge in [-0.25, -0.2) is 9.67 Å². The molecule has 2 amide bonds. The van der Waals surface area contributed by atoms with E-state index in [0.29, 0.717) is 29.2 Å². The molecule has 0 saturated carbocycles. The third-order valence-corrected chi connectivity index (χ3v) is 5.94. The molecule has 0 radical (unpaired) electrons. The molecular weight excluding hydrogens is 474 g/mol. The maximum atomic E-state index is 13.1. The van der Waals surface area contributed by atoms with Crippen LogP contribution in [-0.4, -0.2) is 26.6 Å². The van der Waals surface area contributed by atoms with Crippen LogP contribution in [0.2, 0.25) is 0 Å². The second-order valence-electron chi connectivity index (χ2n) is 7.74. The van der Waals surface area contributed by atoms with Gasteiger partial charge in [-0.3, -0.25) is 20.4 Å². The topological polar surface area (TPSA) is 98.1 Å². The van der Waals surface area contributed by atoms with Gasteiger partial charge in [-0.2, -0.15) is 5.10 Å². The number of nitrogens with zero attached hydrogens (tertiary/aromatic N) is 3. The number of hydrazine groups is 1. The molecule has 8 nitrogen and oxygen atoms in total. The summed E-state index contributed by atoms with van der Waals surface area (Å²) in [6.45, 7) is 0.353.